The summed E-state index contributed by atoms with van der Waals surface area (Å²) in [5, 5.41) is 20.8. The SMILES string of the molecule is N#Cc1ccc(Nc2ccc(N)c(N)n2)cc1C#N. The Bertz CT molecular complexity index is 708. The number of nitrogens with zero attached hydrogens (tertiary/aromatic N) is 3. The Morgan fingerprint density at radius 3 is 2.37 bits per heavy atom. The van der Waals surface area contributed by atoms with Gasteiger partial charge >= 0.3 is 0 Å². The van der Waals surface area contributed by atoms with Gasteiger partial charge in [-0.15, -0.1) is 0 Å². The van der Waals surface area contributed by atoms with E-state index in [1.807, 2.05) is 12.1 Å². The Hall–Kier alpha value is -3.25. The normalized spacial score (nSPS) is 9.37. The molecular formula is C13H10N6. The molecule has 1 heterocycles. The van der Waals surface area contributed by atoms with E-state index in [9.17, 15) is 0 Å². The minimum Gasteiger partial charge on any atom is -0.396 e. The van der Waals surface area contributed by atoms with Gasteiger partial charge in [-0.2, -0.15) is 10.5 Å². The molecule has 0 saturated heterocycles. The minimum atomic E-state index is 0.235. The molecule has 0 aliphatic heterocycles. The van der Waals surface area contributed by atoms with Crippen LogP contribution in [0.2, 0.25) is 0 Å². The van der Waals surface area contributed by atoms with Gasteiger partial charge in [-0.05, 0) is 30.3 Å². The van der Waals surface area contributed by atoms with Crippen LogP contribution < -0.4 is 16.8 Å². The van der Waals surface area contributed by atoms with Crippen molar-refractivity contribution in [2.75, 3.05) is 16.8 Å². The largest absolute Gasteiger partial charge is 0.396 e. The van der Waals surface area contributed by atoms with Crippen molar-refractivity contribution in [2.45, 2.75) is 0 Å². The van der Waals surface area contributed by atoms with E-state index in [0.717, 1.165) is 0 Å². The lowest BCUT2D eigenvalue weighted by Gasteiger charge is -2.08. The summed E-state index contributed by atoms with van der Waals surface area (Å²) < 4.78 is 0. The molecule has 0 amide bonds. The van der Waals surface area contributed by atoms with Crippen molar-refractivity contribution in [1.29, 1.82) is 10.5 Å². The maximum atomic E-state index is 8.94. The highest BCUT2D eigenvalue weighted by Gasteiger charge is 2.04. The van der Waals surface area contributed by atoms with Gasteiger partial charge in [-0.25, -0.2) is 4.98 Å². The molecule has 0 saturated carbocycles. The number of aromatic nitrogens is 1. The van der Waals surface area contributed by atoms with Crippen LogP contribution in [-0.4, -0.2) is 4.98 Å². The van der Waals surface area contributed by atoms with Crippen LogP contribution in [0.25, 0.3) is 0 Å². The summed E-state index contributed by atoms with van der Waals surface area (Å²) >= 11 is 0. The number of nitrogens with one attached hydrogen (secondary N) is 1. The highest BCUT2D eigenvalue weighted by molar-refractivity contribution is 5.66. The molecule has 1 aromatic heterocycles. The second-order valence-corrected chi connectivity index (χ2v) is 3.78. The Labute approximate surface area is 109 Å². The summed E-state index contributed by atoms with van der Waals surface area (Å²) in [7, 11) is 0. The van der Waals surface area contributed by atoms with Crippen LogP contribution >= 0.6 is 0 Å². The van der Waals surface area contributed by atoms with Crippen molar-refractivity contribution in [1.82, 2.24) is 4.98 Å². The number of nitrogens with two attached hydrogens (primary N) is 2. The Morgan fingerprint density at radius 2 is 1.74 bits per heavy atom. The topological polar surface area (TPSA) is 125 Å². The van der Waals surface area contributed by atoms with Crippen molar-refractivity contribution >= 4 is 23.0 Å². The standard InChI is InChI=1S/C13H10N6/c14-6-8-1-2-10(5-9(8)7-15)18-12-4-3-11(16)13(17)19-12/h1-5H,16H2,(H3,17,18,19). The summed E-state index contributed by atoms with van der Waals surface area (Å²) in [6.07, 6.45) is 0. The first-order valence-corrected chi connectivity index (χ1v) is 5.37. The predicted molar refractivity (Wildman–Crippen MR) is 72.2 cm³/mol. The zero-order valence-electron chi connectivity index (χ0n) is 9.88. The third-order valence-electron chi connectivity index (χ3n) is 2.49. The van der Waals surface area contributed by atoms with Crippen LogP contribution in [0.1, 0.15) is 11.1 Å². The van der Waals surface area contributed by atoms with Crippen molar-refractivity contribution in [3.05, 3.63) is 41.5 Å². The van der Waals surface area contributed by atoms with E-state index in [-0.39, 0.29) is 5.82 Å². The molecule has 1 aromatic carbocycles. The van der Waals surface area contributed by atoms with E-state index in [1.165, 1.54) is 0 Å². The van der Waals surface area contributed by atoms with Crippen molar-refractivity contribution in [3.63, 3.8) is 0 Å². The fourth-order valence-electron chi connectivity index (χ4n) is 1.52. The molecule has 92 valence electrons. The highest BCUT2D eigenvalue weighted by Crippen LogP contribution is 2.21. The highest BCUT2D eigenvalue weighted by atomic mass is 15.0. The van der Waals surface area contributed by atoms with Crippen molar-refractivity contribution < 1.29 is 0 Å². The van der Waals surface area contributed by atoms with Crippen LogP contribution in [0.3, 0.4) is 0 Å². The van der Waals surface area contributed by atoms with Gasteiger partial charge in [0.25, 0.3) is 0 Å². The number of rotatable bonds is 2. The number of anilines is 4. The van der Waals surface area contributed by atoms with Crippen LogP contribution in [0.5, 0.6) is 0 Å². The quantitative estimate of drug-likeness (QED) is 0.745. The average molecular weight is 250 g/mol. The minimum absolute atomic E-state index is 0.235. The molecule has 0 aliphatic rings. The fraction of sp³-hybridized carbons (Fsp3) is 0. The van der Waals surface area contributed by atoms with Gasteiger partial charge in [0.2, 0.25) is 0 Å². The number of nitrogen functional groups attached to an aromatic ring is 2. The third kappa shape index (κ3) is 2.54. The molecule has 6 heteroatoms. The molecule has 0 unspecified atom stereocenters. The predicted octanol–water partition coefficient (Wildman–Crippen LogP) is 1.73. The van der Waals surface area contributed by atoms with E-state index in [0.29, 0.717) is 28.3 Å². The van der Waals surface area contributed by atoms with Gasteiger partial charge < -0.3 is 16.8 Å². The Morgan fingerprint density at radius 1 is 1.00 bits per heavy atom. The zero-order chi connectivity index (χ0) is 13.8. The van der Waals surface area contributed by atoms with Gasteiger partial charge in [0.15, 0.2) is 0 Å². The molecule has 19 heavy (non-hydrogen) atoms. The van der Waals surface area contributed by atoms with Gasteiger partial charge in [0.1, 0.15) is 23.8 Å². The first kappa shape index (κ1) is 12.2. The number of nitriles is 2. The van der Waals surface area contributed by atoms with E-state index in [4.69, 9.17) is 22.0 Å². The first-order chi connectivity index (χ1) is 9.13. The zero-order valence-corrected chi connectivity index (χ0v) is 9.88. The lowest BCUT2D eigenvalue weighted by atomic mass is 10.1. The smallest absolute Gasteiger partial charge is 0.149 e. The number of benzene rings is 1. The van der Waals surface area contributed by atoms with Crippen LogP contribution in [-0.2, 0) is 0 Å². The second-order valence-electron chi connectivity index (χ2n) is 3.78. The lowest BCUT2D eigenvalue weighted by Crippen LogP contribution is -2.01. The maximum absolute atomic E-state index is 8.94. The van der Waals surface area contributed by atoms with E-state index >= 15 is 0 Å². The van der Waals surface area contributed by atoms with Gasteiger partial charge in [-0.1, -0.05) is 0 Å². The van der Waals surface area contributed by atoms with Gasteiger partial charge in [0, 0.05) is 5.69 Å². The summed E-state index contributed by atoms with van der Waals surface area (Å²) in [5.74, 6) is 0.749. The van der Waals surface area contributed by atoms with Crippen LogP contribution in [0.15, 0.2) is 30.3 Å². The third-order valence-corrected chi connectivity index (χ3v) is 2.49. The van der Waals surface area contributed by atoms with Crippen LogP contribution in [0, 0.1) is 22.7 Å². The molecule has 0 atom stereocenters. The summed E-state index contributed by atoms with van der Waals surface area (Å²) in [4.78, 5) is 4.06. The summed E-state index contributed by atoms with van der Waals surface area (Å²) in [6.45, 7) is 0. The van der Waals surface area contributed by atoms with Crippen molar-refractivity contribution in [2.24, 2.45) is 0 Å². The van der Waals surface area contributed by atoms with Crippen molar-refractivity contribution in [3.8, 4) is 12.1 Å². The monoisotopic (exact) mass is 250 g/mol. The Balaban J connectivity index is 2.32. The number of pyridine rings is 1. The Kier molecular flexibility index (Phi) is 3.18. The first-order valence-electron chi connectivity index (χ1n) is 5.37. The van der Waals surface area contributed by atoms with E-state index in [1.54, 1.807) is 30.3 Å². The molecule has 0 radical (unpaired) electrons. The van der Waals surface area contributed by atoms with E-state index < -0.39 is 0 Å². The van der Waals surface area contributed by atoms with Crippen LogP contribution in [0.4, 0.5) is 23.0 Å². The average Bonchev–Trinajstić information content (AvgIpc) is 2.43. The van der Waals surface area contributed by atoms with Gasteiger partial charge in [0.05, 0.1) is 16.8 Å². The summed E-state index contributed by atoms with van der Waals surface area (Å²) in [6, 6.07) is 12.1. The molecule has 2 rings (SSSR count). The lowest BCUT2D eigenvalue weighted by molar-refractivity contribution is 1.31. The fourth-order valence-corrected chi connectivity index (χ4v) is 1.52. The molecule has 0 bridgehead atoms. The molecule has 0 spiro atoms. The molecular weight excluding hydrogens is 240 g/mol. The number of hydrogen-bond acceptors (Lipinski definition) is 6. The summed E-state index contributed by atoms with van der Waals surface area (Å²) in [5.41, 5.74) is 12.9. The van der Waals surface area contributed by atoms with E-state index in [2.05, 4.69) is 10.3 Å². The molecule has 6 nitrogen and oxygen atoms in total. The number of hydrogen-bond donors (Lipinski definition) is 3. The maximum Gasteiger partial charge on any atom is 0.149 e. The molecule has 2 aromatic rings. The second kappa shape index (κ2) is 4.94. The molecule has 0 aliphatic carbocycles. The molecule has 0 fully saturated rings. The molecule has 5 N–H and O–H groups in total. The van der Waals surface area contributed by atoms with Gasteiger partial charge in [-0.3, -0.25) is 0 Å².